The first-order valence-corrected chi connectivity index (χ1v) is 8.38. The number of aromatic amines is 1. The van der Waals surface area contributed by atoms with Gasteiger partial charge in [0, 0.05) is 19.5 Å². The van der Waals surface area contributed by atoms with Crippen molar-refractivity contribution in [3.05, 3.63) is 52.3 Å². The van der Waals surface area contributed by atoms with E-state index >= 15 is 0 Å². The topological polar surface area (TPSA) is 80.4 Å². The molecule has 1 unspecified atom stereocenters. The molecule has 0 spiro atoms. The van der Waals surface area contributed by atoms with E-state index in [-0.39, 0.29) is 17.8 Å². The van der Waals surface area contributed by atoms with Gasteiger partial charge < -0.3 is 19.8 Å². The Balaban J connectivity index is 1.88. The van der Waals surface area contributed by atoms with Crippen LogP contribution in [0.2, 0.25) is 0 Å². The number of aromatic nitrogens is 1. The number of H-pyrrole nitrogens is 1. The number of benzene rings is 1. The predicted octanol–water partition coefficient (Wildman–Crippen LogP) is 3.14. The molecule has 0 bridgehead atoms. The third kappa shape index (κ3) is 3.44. The van der Waals surface area contributed by atoms with Crippen molar-refractivity contribution < 1.29 is 19.1 Å². The van der Waals surface area contributed by atoms with Crippen molar-refractivity contribution in [3.8, 4) is 5.75 Å². The van der Waals surface area contributed by atoms with Crippen LogP contribution in [0.5, 0.6) is 5.75 Å². The fraction of sp³-hybridized carbons (Fsp3) is 0.368. The molecule has 0 fully saturated rings. The molecule has 1 aromatic heterocycles. The zero-order valence-electron chi connectivity index (χ0n) is 14.6. The molecule has 2 aromatic rings. The highest BCUT2D eigenvalue weighted by Crippen LogP contribution is 2.32. The Morgan fingerprint density at radius 2 is 2.16 bits per heavy atom. The lowest BCUT2D eigenvalue weighted by molar-refractivity contribution is 0.0951. The molecule has 0 radical (unpaired) electrons. The zero-order chi connectivity index (χ0) is 18.0. The minimum atomic E-state index is -0.271. The molecule has 1 atom stereocenters. The zero-order valence-corrected chi connectivity index (χ0v) is 14.6. The smallest absolute Gasteiger partial charge is 0.267 e. The third-order valence-electron chi connectivity index (χ3n) is 4.27. The Hall–Kier alpha value is -2.60. The number of hydrogen-bond donors (Lipinski definition) is 2. The number of Topliss-reactive ketones (excluding diaryl/α,β-unsaturated/α-hetero) is 1. The second kappa shape index (κ2) is 7.11. The van der Waals surface area contributed by atoms with Crippen molar-refractivity contribution in [3.63, 3.8) is 0 Å². The first-order valence-electron chi connectivity index (χ1n) is 8.38. The van der Waals surface area contributed by atoms with Gasteiger partial charge in [-0.25, -0.2) is 0 Å². The van der Waals surface area contributed by atoms with E-state index in [9.17, 15) is 9.59 Å². The van der Waals surface area contributed by atoms with Crippen molar-refractivity contribution >= 4 is 11.7 Å². The fourth-order valence-electron chi connectivity index (χ4n) is 3.03. The van der Waals surface area contributed by atoms with Gasteiger partial charge in [-0.1, -0.05) is 18.2 Å². The van der Waals surface area contributed by atoms with Gasteiger partial charge in [-0.3, -0.25) is 9.59 Å². The molecule has 1 aliphatic rings. The van der Waals surface area contributed by atoms with Gasteiger partial charge in [-0.2, -0.15) is 0 Å². The summed E-state index contributed by atoms with van der Waals surface area (Å²) >= 11 is 0. The number of fused-ring (bicyclic) bond motifs is 1. The van der Waals surface area contributed by atoms with E-state index in [4.69, 9.17) is 9.47 Å². The molecule has 3 rings (SSSR count). The second-order valence-electron chi connectivity index (χ2n) is 6.08. The van der Waals surface area contributed by atoms with Crippen LogP contribution in [0, 0.1) is 0 Å². The summed E-state index contributed by atoms with van der Waals surface area (Å²) in [6.07, 6.45) is -0.271. The lowest BCUT2D eigenvalue weighted by Crippen LogP contribution is -2.23. The number of carbonyl (C=O) groups excluding carboxylic acids is 2. The second-order valence-corrected chi connectivity index (χ2v) is 6.08. The number of amides is 1. The lowest BCUT2D eigenvalue weighted by Gasteiger charge is -2.17. The number of ketones is 1. The quantitative estimate of drug-likeness (QED) is 0.790. The molecule has 0 aliphatic carbocycles. The standard InChI is InChI=1S/C19H22N2O4/c1-4-20-19(23)16-8-17(18(21-16)11(2)22)25-12(3)14-7-5-6-13-9-24-10-15(13)14/h5-8,12,21H,4,9-10H2,1-3H3,(H,20,23). The summed E-state index contributed by atoms with van der Waals surface area (Å²) in [6, 6.07) is 7.61. The van der Waals surface area contributed by atoms with Crippen LogP contribution in [-0.4, -0.2) is 23.2 Å². The molecule has 6 nitrogen and oxygen atoms in total. The number of ether oxygens (including phenoxy) is 2. The SMILES string of the molecule is CCNC(=O)c1cc(OC(C)c2cccc3c2COC3)c(C(C)=O)[nH]1. The van der Waals surface area contributed by atoms with Gasteiger partial charge in [-0.15, -0.1) is 0 Å². The first kappa shape index (κ1) is 17.2. The maximum Gasteiger partial charge on any atom is 0.267 e. The number of rotatable bonds is 6. The molecule has 1 amide bonds. The molecule has 1 aliphatic heterocycles. The number of carbonyl (C=O) groups is 2. The Kier molecular flexibility index (Phi) is 4.90. The van der Waals surface area contributed by atoms with E-state index < -0.39 is 0 Å². The Labute approximate surface area is 146 Å². The molecule has 132 valence electrons. The molecular weight excluding hydrogens is 320 g/mol. The lowest BCUT2D eigenvalue weighted by atomic mass is 10.00. The summed E-state index contributed by atoms with van der Waals surface area (Å²) in [5.41, 5.74) is 3.95. The van der Waals surface area contributed by atoms with E-state index in [1.165, 1.54) is 6.92 Å². The number of hydrogen-bond acceptors (Lipinski definition) is 4. The molecule has 25 heavy (non-hydrogen) atoms. The van der Waals surface area contributed by atoms with Crippen LogP contribution in [-0.2, 0) is 18.0 Å². The van der Waals surface area contributed by atoms with Gasteiger partial charge in [-0.05, 0) is 30.5 Å². The van der Waals surface area contributed by atoms with E-state index in [1.54, 1.807) is 6.07 Å². The first-order chi connectivity index (χ1) is 12.0. The highest BCUT2D eigenvalue weighted by Gasteiger charge is 2.23. The van der Waals surface area contributed by atoms with Gasteiger partial charge in [0.05, 0.1) is 13.2 Å². The van der Waals surface area contributed by atoms with Crippen molar-refractivity contribution in [2.75, 3.05) is 6.54 Å². The van der Waals surface area contributed by atoms with E-state index in [1.807, 2.05) is 32.0 Å². The largest absolute Gasteiger partial charge is 0.484 e. The van der Waals surface area contributed by atoms with Crippen LogP contribution in [0.3, 0.4) is 0 Å². The minimum absolute atomic E-state index is 0.181. The normalized spacial score (nSPS) is 14.0. The summed E-state index contributed by atoms with van der Waals surface area (Å²) in [5.74, 6) is -0.0568. The summed E-state index contributed by atoms with van der Waals surface area (Å²) in [7, 11) is 0. The minimum Gasteiger partial charge on any atom is -0.484 e. The highest BCUT2D eigenvalue weighted by atomic mass is 16.5. The van der Waals surface area contributed by atoms with Crippen LogP contribution in [0.4, 0.5) is 0 Å². The Morgan fingerprint density at radius 3 is 2.88 bits per heavy atom. The molecule has 0 saturated carbocycles. The van der Waals surface area contributed by atoms with E-state index in [0.717, 1.165) is 16.7 Å². The van der Waals surface area contributed by atoms with Crippen LogP contribution < -0.4 is 10.1 Å². The van der Waals surface area contributed by atoms with E-state index in [2.05, 4.69) is 10.3 Å². The Bertz CT molecular complexity index is 810. The summed E-state index contributed by atoms with van der Waals surface area (Å²) in [5, 5.41) is 2.71. The predicted molar refractivity (Wildman–Crippen MR) is 92.8 cm³/mol. The average molecular weight is 342 g/mol. The molecule has 2 N–H and O–H groups in total. The summed E-state index contributed by atoms with van der Waals surface area (Å²) in [4.78, 5) is 26.8. The van der Waals surface area contributed by atoms with E-state index in [0.29, 0.717) is 36.9 Å². The molecule has 1 aromatic carbocycles. The summed E-state index contributed by atoms with van der Waals surface area (Å²) < 4.78 is 11.6. The highest BCUT2D eigenvalue weighted by molar-refractivity contribution is 5.99. The fourth-order valence-corrected chi connectivity index (χ4v) is 3.03. The van der Waals surface area contributed by atoms with Crippen LogP contribution in [0.25, 0.3) is 0 Å². The molecular formula is C19H22N2O4. The van der Waals surface area contributed by atoms with Crippen LogP contribution in [0.15, 0.2) is 24.3 Å². The number of nitrogens with one attached hydrogen (secondary N) is 2. The van der Waals surface area contributed by atoms with Gasteiger partial charge in [0.1, 0.15) is 23.2 Å². The maximum atomic E-state index is 12.0. The third-order valence-corrected chi connectivity index (χ3v) is 4.27. The van der Waals surface area contributed by atoms with Gasteiger partial charge in [0.25, 0.3) is 5.91 Å². The van der Waals surface area contributed by atoms with Crippen molar-refractivity contribution in [1.29, 1.82) is 0 Å². The van der Waals surface area contributed by atoms with Gasteiger partial charge in [0.15, 0.2) is 5.78 Å². The Morgan fingerprint density at radius 1 is 1.36 bits per heavy atom. The van der Waals surface area contributed by atoms with Crippen molar-refractivity contribution in [2.24, 2.45) is 0 Å². The average Bonchev–Trinajstić information content (AvgIpc) is 3.21. The van der Waals surface area contributed by atoms with Gasteiger partial charge in [0.2, 0.25) is 0 Å². The molecule has 2 heterocycles. The van der Waals surface area contributed by atoms with Crippen molar-refractivity contribution in [2.45, 2.75) is 40.1 Å². The molecule has 6 heteroatoms. The van der Waals surface area contributed by atoms with Crippen molar-refractivity contribution in [1.82, 2.24) is 10.3 Å². The van der Waals surface area contributed by atoms with Crippen LogP contribution in [0.1, 0.15) is 64.5 Å². The monoisotopic (exact) mass is 342 g/mol. The van der Waals surface area contributed by atoms with Gasteiger partial charge >= 0.3 is 0 Å². The molecule has 0 saturated heterocycles. The maximum absolute atomic E-state index is 12.0. The van der Waals surface area contributed by atoms with Crippen LogP contribution >= 0.6 is 0 Å². The summed E-state index contributed by atoms with van der Waals surface area (Å²) in [6.45, 7) is 6.89.